The quantitative estimate of drug-likeness (QED) is 0.0378. The molecule has 1 N–H and O–H groups in total. The van der Waals surface area contributed by atoms with Crippen LogP contribution >= 0.6 is 0 Å². The minimum atomic E-state index is -3.67. The SMILES string of the molecule is C=C(CCCC)C(=O)Nc1ccc([SiH](O[Si](CCC)(CCC)CC[Si](OCCCCCCCC)(OCCCCCCCC)O[Si](C)(C)CC[Si](OCCCCCCCC)(OCCCCCCCC)O[Si](CCC)(CCC)CC(C)c2ccccc2)O[Si](CCC)(CCC)CC[Si](O[Si](C)(C)CCCC)(O[Si](C)(C)CCCC)O[Si](C)(C)CCCC[Si](O[Si](C)(C)CCCC)(O[Si](C)(C)CCCC)O[Si](C)(C)CCCC)cc1. The van der Waals surface area contributed by atoms with Crippen molar-refractivity contribution in [3.8, 4) is 0 Å². The van der Waals surface area contributed by atoms with E-state index in [9.17, 15) is 4.79 Å². The Hall–Kier alpha value is 0.343. The van der Waals surface area contributed by atoms with Gasteiger partial charge in [0, 0.05) is 61.9 Å². The first-order valence-electron chi connectivity index (χ1n) is 62.5. The van der Waals surface area contributed by atoms with E-state index < -0.39 is 128 Å². The molecule has 0 aromatic heterocycles. The van der Waals surface area contributed by atoms with Crippen LogP contribution in [-0.4, -0.2) is 160 Å². The highest BCUT2D eigenvalue weighted by Gasteiger charge is 2.59. The maximum absolute atomic E-state index is 14.1. The van der Waals surface area contributed by atoms with E-state index >= 15 is 0 Å². The summed E-state index contributed by atoms with van der Waals surface area (Å²) in [6.07, 6.45) is 50.4. The molecule has 0 bridgehead atoms. The molecule has 1 amide bonds. The van der Waals surface area contributed by atoms with Crippen LogP contribution in [0.5, 0.6) is 0 Å². The molecule has 0 heterocycles. The summed E-state index contributed by atoms with van der Waals surface area (Å²) in [5, 5.41) is 4.44. The molecule has 0 spiro atoms. The Morgan fingerprint density at radius 1 is 0.265 bits per heavy atom. The molecule has 2 rings (SSSR count). The van der Waals surface area contributed by atoms with E-state index in [-0.39, 0.29) is 5.91 Å². The average Bonchev–Trinajstić information content (AvgIpc) is 0.791. The fourth-order valence-corrected chi connectivity index (χ4v) is 97.5. The van der Waals surface area contributed by atoms with Crippen LogP contribution in [0, 0.1) is 0 Å². The Balaban J connectivity index is 3.47. The lowest BCUT2D eigenvalue weighted by Gasteiger charge is -2.47. The Morgan fingerprint density at radius 2 is 0.531 bits per heavy atom. The van der Waals surface area contributed by atoms with Crippen LogP contribution in [0.25, 0.3) is 0 Å². The number of anilines is 1. The molecule has 0 aliphatic heterocycles. The van der Waals surface area contributed by atoms with Crippen molar-refractivity contribution in [3.05, 3.63) is 72.3 Å². The molecule has 0 aliphatic rings. The van der Waals surface area contributed by atoms with Crippen molar-refractivity contribution < 1.29 is 63.7 Å². The largest absolute Gasteiger partial charge is 0.490 e. The van der Waals surface area contributed by atoms with Crippen LogP contribution in [0.15, 0.2) is 66.7 Å². The molecule has 2 unspecified atom stereocenters. The summed E-state index contributed by atoms with van der Waals surface area (Å²) in [6, 6.07) is 39.2. The minimum absolute atomic E-state index is 0.119. The van der Waals surface area contributed by atoms with Crippen molar-refractivity contribution in [2.75, 3.05) is 31.7 Å². The van der Waals surface area contributed by atoms with Crippen molar-refractivity contribution in [2.45, 2.75) is 625 Å². The molecular weight excluding hydrogens is 2070 g/mol. The lowest BCUT2D eigenvalue weighted by Crippen LogP contribution is -2.63. The van der Waals surface area contributed by atoms with E-state index in [0.717, 1.165) is 286 Å². The molecule has 0 saturated carbocycles. The lowest BCUT2D eigenvalue weighted by atomic mass is 10.0. The zero-order chi connectivity index (χ0) is 110. The molecule has 2 aromatic rings. The maximum atomic E-state index is 14.1. The van der Waals surface area contributed by atoms with Gasteiger partial charge in [0.05, 0.1) is 0 Å². The Morgan fingerprint density at radius 3 is 0.857 bits per heavy atom. The number of benzene rings is 2. The van der Waals surface area contributed by atoms with Gasteiger partial charge < -0.3 is 64.2 Å². The summed E-state index contributed by atoms with van der Waals surface area (Å²) < 4.78 is 115. The van der Waals surface area contributed by atoms with E-state index in [0.29, 0.717) is 50.4 Å². The first kappa shape index (κ1) is 143. The number of rotatable bonds is 102. The Bertz CT molecular complexity index is 3450. The number of unbranched alkanes of at least 4 members (excludes halogenated alkanes) is 27. The summed E-state index contributed by atoms with van der Waals surface area (Å²) in [5.41, 5.74) is 2.77. The molecule has 2 aromatic carbocycles. The predicted molar refractivity (Wildman–Crippen MR) is 678 cm³/mol. The Labute approximate surface area is 929 Å². The summed E-state index contributed by atoms with van der Waals surface area (Å²) in [4.78, 5) is 14.1. The van der Waals surface area contributed by atoms with Crippen molar-refractivity contribution in [1.29, 1.82) is 0 Å². The van der Waals surface area contributed by atoms with Gasteiger partial charge in [0.25, 0.3) is 5.91 Å². The molecule has 31 heteroatoms. The number of carbonyl (C=O) groups is 1. The molecule has 0 radical (unpaired) electrons. The van der Waals surface area contributed by atoms with E-state index in [1.165, 1.54) is 128 Å². The van der Waals surface area contributed by atoms with Gasteiger partial charge in [-0.05, 0) is 262 Å². The summed E-state index contributed by atoms with van der Waals surface area (Å²) >= 11 is 0. The number of amides is 1. The fourth-order valence-electron chi connectivity index (χ4n) is 22.0. The van der Waals surface area contributed by atoms with Crippen molar-refractivity contribution in [1.82, 2.24) is 0 Å². The van der Waals surface area contributed by atoms with Crippen LogP contribution in [0.1, 0.15) is 418 Å². The zero-order valence-electron chi connectivity index (χ0n) is 103. The highest BCUT2D eigenvalue weighted by Crippen LogP contribution is 2.46. The molecule has 2 atom stereocenters. The number of hydrogen-bond donors (Lipinski definition) is 1. The normalized spacial score (nSPS) is 13.9. The summed E-state index contributed by atoms with van der Waals surface area (Å²) in [6.45, 7) is 81.6. The second-order valence-corrected chi connectivity index (χ2v) is 107. The van der Waals surface area contributed by atoms with E-state index in [1.807, 2.05) is 0 Å². The van der Waals surface area contributed by atoms with Gasteiger partial charge in [-0.15, -0.1) is 0 Å². The molecule has 0 aliphatic carbocycles. The highest BCUT2D eigenvalue weighted by molar-refractivity contribution is 6.94. The third-order valence-electron chi connectivity index (χ3n) is 30.2. The number of carbonyl (C=O) groups excluding carboxylic acids is 1. The van der Waals surface area contributed by atoms with Gasteiger partial charge in [-0.25, -0.2) is 0 Å². The zero-order valence-corrected chi connectivity index (χ0v) is 118. The maximum Gasteiger partial charge on any atom is 0.490 e. The van der Waals surface area contributed by atoms with Crippen LogP contribution in [-0.2, 0) is 63.7 Å². The summed E-state index contributed by atoms with van der Waals surface area (Å²) in [5.74, 6) is 0.221. The molecule has 0 saturated heterocycles. The average molecular weight is 2320 g/mol. The fraction of sp³-hybridized carbons (Fsp3) is 0.871. The molecule has 16 nitrogen and oxygen atoms in total. The third-order valence-corrected chi connectivity index (χ3v) is 94.6. The smallest absolute Gasteiger partial charge is 0.435 e. The second kappa shape index (κ2) is 78.6. The van der Waals surface area contributed by atoms with E-state index in [2.05, 4.69) is 276 Å². The van der Waals surface area contributed by atoms with Gasteiger partial charge in [0.2, 0.25) is 0 Å². The van der Waals surface area contributed by atoms with E-state index in [4.69, 9.17) is 58.9 Å². The van der Waals surface area contributed by atoms with Gasteiger partial charge >= 0.3 is 44.5 Å². The molecule has 147 heavy (non-hydrogen) atoms. The van der Waals surface area contributed by atoms with Gasteiger partial charge in [-0.1, -0.05) is 411 Å². The Kier molecular flexibility index (Phi) is 76.7. The molecule has 864 valence electrons. The molecular formula is C116H245NO15Si15. The van der Waals surface area contributed by atoms with Gasteiger partial charge in [0.1, 0.15) is 0 Å². The van der Waals surface area contributed by atoms with Crippen LogP contribution in [0.3, 0.4) is 0 Å². The monoisotopic (exact) mass is 2310 g/mol. The van der Waals surface area contributed by atoms with Crippen LogP contribution in [0.2, 0.25) is 213 Å². The second-order valence-electron chi connectivity index (χ2n) is 49.5. The van der Waals surface area contributed by atoms with Gasteiger partial charge in [-0.2, -0.15) is 0 Å². The van der Waals surface area contributed by atoms with Crippen LogP contribution < -0.4 is 10.5 Å². The number of nitrogens with one attached hydrogen (secondary N) is 1. The minimum Gasteiger partial charge on any atom is -0.435 e. The predicted octanol–water partition coefficient (Wildman–Crippen LogP) is 39.5. The van der Waals surface area contributed by atoms with Crippen molar-refractivity contribution in [3.63, 3.8) is 0 Å². The first-order valence-corrected chi connectivity index (χ1v) is 101. The summed E-state index contributed by atoms with van der Waals surface area (Å²) in [7, 11) is -42.6. The van der Waals surface area contributed by atoms with Gasteiger partial charge in [0.15, 0.2) is 83.2 Å². The van der Waals surface area contributed by atoms with Gasteiger partial charge in [-0.3, -0.25) is 4.79 Å². The third kappa shape index (κ3) is 62.8. The topological polar surface area (TPSA) is 158 Å². The van der Waals surface area contributed by atoms with E-state index in [1.54, 1.807) is 0 Å². The van der Waals surface area contributed by atoms with Crippen LogP contribution in [0.4, 0.5) is 5.69 Å². The lowest BCUT2D eigenvalue weighted by molar-refractivity contribution is -0.113. The highest BCUT2D eigenvalue weighted by atomic mass is 28.5. The van der Waals surface area contributed by atoms with Crippen molar-refractivity contribution >= 4 is 144 Å². The number of hydrogen-bond acceptors (Lipinski definition) is 15. The van der Waals surface area contributed by atoms with Crippen molar-refractivity contribution in [2.24, 2.45) is 0 Å². The standard InChI is InChI=1S/C116H245NO15Si15/c1-33-49-59-63-67-74-87-119-144(120-88-75-68-64-60-50-34-2,125-140(31,32)104-107-145(121-89-76-69-65-61-51-35-3,122-90-77-70-66-62-52-36-4)132-143(95-47-15,96-48-16)110-112(18)113-81-72-71-73-82-113)108-105-141(91-43-11,92-44-12)123-133(115-85-83-114(84-86-115)117-116(118)111(17)80-53-37-5)124-142(93-45-13,94-46-14)106-109-147(129-137(25,26)100-57-41-9,130-138(27,28)101-58-42-10)131-139(29,30)102-78-79-103-146(126-134(19,20)97-54-38-6,127-135(21,22)98-55-39-7)128-136(23,24)99-56-40-8/h71-73,81-86,112,133H,17,33-70,74-80,87-110H2,1-16,18-32H3,(H,117,118). The molecule has 0 fully saturated rings. The first-order chi connectivity index (χ1) is 69.8.